The lowest BCUT2D eigenvalue weighted by molar-refractivity contribution is 0.208. The van der Waals surface area contributed by atoms with E-state index in [-0.39, 0.29) is 6.03 Å². The number of aryl methyl sites for hydroxylation is 3. The average Bonchev–Trinajstić information content (AvgIpc) is 2.95. The third-order valence-corrected chi connectivity index (χ3v) is 4.14. The van der Waals surface area contributed by atoms with E-state index in [1.807, 2.05) is 26.8 Å². The largest absolute Gasteiger partial charge is 0.359 e. The van der Waals surface area contributed by atoms with Crippen LogP contribution in [0.3, 0.4) is 0 Å². The molecular formula is C16H22N6O2. The quantitative estimate of drug-likeness (QED) is 0.926. The molecule has 0 aromatic carbocycles. The molecule has 0 atom stereocenters. The summed E-state index contributed by atoms with van der Waals surface area (Å²) >= 11 is 0. The second-order valence-electron chi connectivity index (χ2n) is 5.79. The Bertz CT molecular complexity index is 721. The number of hydrogen-bond donors (Lipinski definition) is 1. The fraction of sp³-hybridized carbons (Fsp3) is 0.500. The van der Waals surface area contributed by atoms with E-state index in [2.05, 4.69) is 25.3 Å². The van der Waals surface area contributed by atoms with Crippen LogP contribution < -0.4 is 10.2 Å². The summed E-state index contributed by atoms with van der Waals surface area (Å²) < 4.78 is 5.21. The van der Waals surface area contributed by atoms with Crippen molar-refractivity contribution in [3.8, 4) is 0 Å². The Morgan fingerprint density at radius 2 is 2.04 bits per heavy atom. The van der Waals surface area contributed by atoms with Crippen molar-refractivity contribution in [3.63, 3.8) is 0 Å². The molecule has 0 saturated carbocycles. The maximum Gasteiger partial charge on any atom is 0.322 e. The molecule has 1 aliphatic rings. The first-order valence-corrected chi connectivity index (χ1v) is 8.14. The number of carbonyl (C=O) groups is 1. The topological polar surface area (TPSA) is 87.4 Å². The molecule has 0 bridgehead atoms. The third-order valence-electron chi connectivity index (χ3n) is 4.14. The van der Waals surface area contributed by atoms with E-state index in [0.717, 1.165) is 24.7 Å². The molecule has 0 unspecified atom stereocenters. The zero-order valence-corrected chi connectivity index (χ0v) is 14.2. The average molecular weight is 330 g/mol. The zero-order chi connectivity index (χ0) is 17.1. The van der Waals surface area contributed by atoms with Crippen molar-refractivity contribution >= 4 is 17.5 Å². The number of rotatable bonds is 3. The molecule has 128 valence electrons. The number of hydrogen-bond acceptors (Lipinski definition) is 6. The number of urea groups is 1. The highest BCUT2D eigenvalue weighted by Crippen LogP contribution is 2.21. The van der Waals surface area contributed by atoms with Gasteiger partial charge in [0.2, 0.25) is 0 Å². The van der Waals surface area contributed by atoms with Gasteiger partial charge in [-0.2, -0.15) is 0 Å². The highest BCUT2D eigenvalue weighted by molar-refractivity contribution is 5.90. The fourth-order valence-electron chi connectivity index (χ4n) is 2.76. The first-order chi connectivity index (χ1) is 11.6. The van der Waals surface area contributed by atoms with E-state index in [4.69, 9.17) is 4.52 Å². The predicted octanol–water partition coefficient (Wildman–Crippen LogP) is 2.00. The molecule has 0 radical (unpaired) electrons. The van der Waals surface area contributed by atoms with Crippen molar-refractivity contribution in [1.29, 1.82) is 0 Å². The normalized spacial score (nSPS) is 14.8. The van der Waals surface area contributed by atoms with Gasteiger partial charge in [-0.15, -0.1) is 0 Å². The van der Waals surface area contributed by atoms with Crippen molar-refractivity contribution < 1.29 is 9.32 Å². The molecule has 2 aromatic heterocycles. The molecule has 2 aromatic rings. The minimum Gasteiger partial charge on any atom is -0.359 e. The fourth-order valence-corrected chi connectivity index (χ4v) is 2.76. The van der Waals surface area contributed by atoms with Gasteiger partial charge in [-0.1, -0.05) is 12.1 Å². The Morgan fingerprint density at radius 3 is 2.71 bits per heavy atom. The van der Waals surface area contributed by atoms with Crippen LogP contribution in [0, 0.1) is 13.8 Å². The van der Waals surface area contributed by atoms with E-state index in [9.17, 15) is 4.79 Å². The molecule has 1 fully saturated rings. The maximum atomic E-state index is 12.5. The molecule has 8 nitrogen and oxygen atoms in total. The second-order valence-corrected chi connectivity index (χ2v) is 5.79. The monoisotopic (exact) mass is 330 g/mol. The van der Waals surface area contributed by atoms with Crippen molar-refractivity contribution in [2.24, 2.45) is 0 Å². The van der Waals surface area contributed by atoms with Gasteiger partial charge in [0.05, 0.1) is 0 Å². The Morgan fingerprint density at radius 1 is 1.29 bits per heavy atom. The van der Waals surface area contributed by atoms with Crippen LogP contribution in [0.5, 0.6) is 0 Å². The van der Waals surface area contributed by atoms with Crippen LogP contribution in [0.4, 0.5) is 16.3 Å². The molecule has 3 rings (SSSR count). The Balaban J connectivity index is 1.60. The summed E-state index contributed by atoms with van der Waals surface area (Å²) in [4.78, 5) is 25.0. The number of aromatic nitrogens is 3. The van der Waals surface area contributed by atoms with Gasteiger partial charge in [-0.3, -0.25) is 0 Å². The van der Waals surface area contributed by atoms with Gasteiger partial charge >= 0.3 is 6.03 Å². The van der Waals surface area contributed by atoms with Gasteiger partial charge in [-0.05, 0) is 19.9 Å². The summed E-state index contributed by atoms with van der Waals surface area (Å²) in [6, 6.07) is 1.78. The van der Waals surface area contributed by atoms with Crippen molar-refractivity contribution in [1.82, 2.24) is 20.0 Å². The summed E-state index contributed by atoms with van der Waals surface area (Å²) in [5.74, 6) is 2.37. The highest BCUT2D eigenvalue weighted by atomic mass is 16.5. The summed E-state index contributed by atoms with van der Waals surface area (Å²) in [6.07, 6.45) is 2.45. The number of anilines is 2. The summed E-state index contributed by atoms with van der Waals surface area (Å²) in [5, 5.41) is 6.84. The van der Waals surface area contributed by atoms with Gasteiger partial charge < -0.3 is 19.6 Å². The lowest BCUT2D eigenvalue weighted by atomic mass is 10.2. The maximum absolute atomic E-state index is 12.5. The molecule has 2 amide bonds. The molecule has 8 heteroatoms. The molecular weight excluding hydrogens is 308 g/mol. The van der Waals surface area contributed by atoms with Gasteiger partial charge in [0, 0.05) is 38.8 Å². The van der Waals surface area contributed by atoms with Crippen LogP contribution in [0.2, 0.25) is 0 Å². The zero-order valence-electron chi connectivity index (χ0n) is 14.2. The van der Waals surface area contributed by atoms with Gasteiger partial charge in [0.25, 0.3) is 0 Å². The number of amides is 2. The molecule has 0 spiro atoms. The molecule has 0 aliphatic carbocycles. The first-order valence-electron chi connectivity index (χ1n) is 8.14. The van der Waals surface area contributed by atoms with Crippen LogP contribution in [-0.2, 0) is 6.42 Å². The lowest BCUT2D eigenvalue weighted by Gasteiger charge is -2.35. The van der Waals surface area contributed by atoms with Crippen LogP contribution in [0.25, 0.3) is 0 Å². The Kier molecular flexibility index (Phi) is 4.64. The summed E-state index contributed by atoms with van der Waals surface area (Å²) in [6.45, 7) is 8.44. The van der Waals surface area contributed by atoms with Crippen molar-refractivity contribution in [3.05, 3.63) is 29.5 Å². The minimum absolute atomic E-state index is 0.116. The Hall–Kier alpha value is -2.64. The number of piperazine rings is 1. The van der Waals surface area contributed by atoms with Gasteiger partial charge in [0.1, 0.15) is 23.0 Å². The van der Waals surface area contributed by atoms with Crippen LogP contribution >= 0.6 is 0 Å². The van der Waals surface area contributed by atoms with E-state index in [0.29, 0.717) is 36.7 Å². The van der Waals surface area contributed by atoms with E-state index < -0.39 is 0 Å². The number of nitrogens with one attached hydrogen (secondary N) is 1. The van der Waals surface area contributed by atoms with E-state index in [1.54, 1.807) is 11.1 Å². The predicted molar refractivity (Wildman–Crippen MR) is 90.2 cm³/mol. The first kappa shape index (κ1) is 16.2. The van der Waals surface area contributed by atoms with E-state index in [1.165, 1.54) is 0 Å². The molecule has 1 aliphatic heterocycles. The van der Waals surface area contributed by atoms with E-state index >= 15 is 0 Å². The van der Waals surface area contributed by atoms with Gasteiger partial charge in [0.15, 0.2) is 5.76 Å². The SMILES string of the molecule is CCc1onc(C)c1NC(=O)N1CCN(c2ccnc(C)n2)CC1. The van der Waals surface area contributed by atoms with Gasteiger partial charge in [-0.25, -0.2) is 14.8 Å². The molecule has 24 heavy (non-hydrogen) atoms. The standard InChI is InChI=1S/C16H22N6O2/c1-4-13-15(11(2)20-24-13)19-16(23)22-9-7-21(8-10-22)14-5-6-17-12(3)18-14/h5-6H,4,7-10H2,1-3H3,(H,19,23). The summed E-state index contributed by atoms with van der Waals surface area (Å²) in [5.41, 5.74) is 1.40. The van der Waals surface area contributed by atoms with Crippen LogP contribution in [-0.4, -0.2) is 52.2 Å². The van der Waals surface area contributed by atoms with Crippen LogP contribution in [0.15, 0.2) is 16.8 Å². The smallest absolute Gasteiger partial charge is 0.322 e. The highest BCUT2D eigenvalue weighted by Gasteiger charge is 2.24. The number of carbonyl (C=O) groups excluding carboxylic acids is 1. The van der Waals surface area contributed by atoms with Crippen molar-refractivity contribution in [2.75, 3.05) is 36.4 Å². The van der Waals surface area contributed by atoms with Crippen molar-refractivity contribution in [2.45, 2.75) is 27.2 Å². The Labute approximate surface area is 140 Å². The third kappa shape index (κ3) is 3.32. The number of nitrogens with zero attached hydrogens (tertiary/aromatic N) is 5. The van der Waals surface area contributed by atoms with Crippen LogP contribution in [0.1, 0.15) is 24.2 Å². The molecule has 1 saturated heterocycles. The molecule has 3 heterocycles. The second kappa shape index (κ2) is 6.86. The summed E-state index contributed by atoms with van der Waals surface area (Å²) in [7, 11) is 0. The molecule has 1 N–H and O–H groups in total. The minimum atomic E-state index is -0.116. The lowest BCUT2D eigenvalue weighted by Crippen LogP contribution is -2.50.